The maximum atomic E-state index is 12.7. The van der Waals surface area contributed by atoms with E-state index >= 15 is 0 Å². The highest BCUT2D eigenvalue weighted by Crippen LogP contribution is 2.33. The molecule has 92 valence electrons. The van der Waals surface area contributed by atoms with E-state index in [1.165, 1.54) is 24.5 Å². The molecule has 0 aliphatic carbocycles. The number of carbonyl (C=O) groups excluding carboxylic acids is 1. The molecule has 1 aromatic heterocycles. The van der Waals surface area contributed by atoms with Crippen molar-refractivity contribution in [3.63, 3.8) is 0 Å². The molecule has 6 heteroatoms. The van der Waals surface area contributed by atoms with Gasteiger partial charge in [0.2, 0.25) is 0 Å². The van der Waals surface area contributed by atoms with Gasteiger partial charge in [0.25, 0.3) is 5.91 Å². The SMILES string of the molecule is O=C(c1cccnc1)N1CCC[C@@H]1C(F)(F)F. The van der Waals surface area contributed by atoms with Crippen molar-refractivity contribution in [3.05, 3.63) is 30.1 Å². The van der Waals surface area contributed by atoms with Gasteiger partial charge >= 0.3 is 6.18 Å². The smallest absolute Gasteiger partial charge is 0.326 e. The Kier molecular flexibility index (Phi) is 3.04. The molecule has 0 aromatic carbocycles. The van der Waals surface area contributed by atoms with Crippen LogP contribution in [0.4, 0.5) is 13.2 Å². The third-order valence-corrected chi connectivity index (χ3v) is 2.80. The quantitative estimate of drug-likeness (QED) is 0.759. The molecule has 17 heavy (non-hydrogen) atoms. The van der Waals surface area contributed by atoms with E-state index in [1.807, 2.05) is 0 Å². The molecule has 3 nitrogen and oxygen atoms in total. The molecule has 1 atom stereocenters. The van der Waals surface area contributed by atoms with Crippen molar-refractivity contribution in [1.29, 1.82) is 0 Å². The van der Waals surface area contributed by atoms with E-state index < -0.39 is 18.1 Å². The van der Waals surface area contributed by atoms with E-state index in [9.17, 15) is 18.0 Å². The highest BCUT2D eigenvalue weighted by atomic mass is 19.4. The summed E-state index contributed by atoms with van der Waals surface area (Å²) in [5, 5.41) is 0. The van der Waals surface area contributed by atoms with Crippen LogP contribution in [0.15, 0.2) is 24.5 Å². The Morgan fingerprint density at radius 2 is 2.24 bits per heavy atom. The second-order valence-corrected chi connectivity index (χ2v) is 3.94. The number of amides is 1. The Morgan fingerprint density at radius 3 is 2.82 bits per heavy atom. The minimum absolute atomic E-state index is 0.0184. The molecular weight excluding hydrogens is 233 g/mol. The maximum absolute atomic E-state index is 12.7. The van der Waals surface area contributed by atoms with Crippen molar-refractivity contribution in [2.75, 3.05) is 6.54 Å². The van der Waals surface area contributed by atoms with Crippen molar-refractivity contribution in [2.45, 2.75) is 25.1 Å². The molecule has 0 unspecified atom stereocenters. The second-order valence-electron chi connectivity index (χ2n) is 3.94. The van der Waals surface area contributed by atoms with Crippen LogP contribution in [0, 0.1) is 0 Å². The normalized spacial score (nSPS) is 20.6. The molecule has 1 amide bonds. The molecular formula is C11H11F3N2O. The van der Waals surface area contributed by atoms with Gasteiger partial charge in [0, 0.05) is 18.9 Å². The van der Waals surface area contributed by atoms with Gasteiger partial charge in [-0.3, -0.25) is 9.78 Å². The number of carbonyl (C=O) groups is 1. The summed E-state index contributed by atoms with van der Waals surface area (Å²) >= 11 is 0. The van der Waals surface area contributed by atoms with Crippen LogP contribution < -0.4 is 0 Å². The van der Waals surface area contributed by atoms with Gasteiger partial charge in [0.1, 0.15) is 6.04 Å². The third kappa shape index (κ3) is 2.40. The zero-order valence-electron chi connectivity index (χ0n) is 8.94. The first-order chi connectivity index (χ1) is 8.00. The molecule has 0 N–H and O–H groups in total. The molecule has 2 heterocycles. The van der Waals surface area contributed by atoms with Crippen molar-refractivity contribution in [1.82, 2.24) is 9.88 Å². The van der Waals surface area contributed by atoms with Gasteiger partial charge in [0.15, 0.2) is 0 Å². The minimum Gasteiger partial charge on any atom is -0.326 e. The van der Waals surface area contributed by atoms with E-state index in [4.69, 9.17) is 0 Å². The summed E-state index contributed by atoms with van der Waals surface area (Å²) in [5.41, 5.74) is 0.198. The van der Waals surface area contributed by atoms with Crippen LogP contribution >= 0.6 is 0 Å². The summed E-state index contributed by atoms with van der Waals surface area (Å²) in [6.07, 6.45) is -1.23. The fourth-order valence-corrected chi connectivity index (χ4v) is 2.01. The standard InChI is InChI=1S/C11H11F3N2O/c12-11(13,14)9-4-2-6-16(9)10(17)8-3-1-5-15-7-8/h1,3,5,7,9H,2,4,6H2/t9-/m1/s1. The number of halogens is 3. The highest BCUT2D eigenvalue weighted by Gasteiger charge is 2.47. The molecule has 1 aromatic rings. The number of aromatic nitrogens is 1. The van der Waals surface area contributed by atoms with Gasteiger partial charge in [-0.15, -0.1) is 0 Å². The Balaban J connectivity index is 2.20. The third-order valence-electron chi connectivity index (χ3n) is 2.80. The van der Waals surface area contributed by atoms with Crippen LogP contribution in [0.1, 0.15) is 23.2 Å². The number of hydrogen-bond acceptors (Lipinski definition) is 2. The van der Waals surface area contributed by atoms with Crippen LogP contribution in [0.25, 0.3) is 0 Å². The molecule has 0 saturated carbocycles. The Bertz CT molecular complexity index is 405. The maximum Gasteiger partial charge on any atom is 0.408 e. The van der Waals surface area contributed by atoms with Gasteiger partial charge in [-0.1, -0.05) is 0 Å². The lowest BCUT2D eigenvalue weighted by Crippen LogP contribution is -2.44. The van der Waals surface area contributed by atoms with Crippen LogP contribution in [-0.4, -0.2) is 34.6 Å². The predicted octanol–water partition coefficient (Wildman–Crippen LogP) is 2.25. The fourth-order valence-electron chi connectivity index (χ4n) is 2.01. The highest BCUT2D eigenvalue weighted by molar-refractivity contribution is 5.94. The van der Waals surface area contributed by atoms with E-state index in [0.717, 1.165) is 4.90 Å². The molecule has 1 aliphatic rings. The molecule has 0 spiro atoms. The van der Waals surface area contributed by atoms with Crippen LogP contribution in [0.3, 0.4) is 0 Å². The Hall–Kier alpha value is -1.59. The number of pyridine rings is 1. The molecule has 1 fully saturated rings. The number of rotatable bonds is 1. The molecule has 0 radical (unpaired) electrons. The van der Waals surface area contributed by atoms with Crippen LogP contribution in [0.2, 0.25) is 0 Å². The zero-order valence-corrected chi connectivity index (χ0v) is 8.94. The molecule has 1 saturated heterocycles. The summed E-state index contributed by atoms with van der Waals surface area (Å²) in [6, 6.07) is 1.35. The molecule has 1 aliphatic heterocycles. The molecule has 2 rings (SSSR count). The minimum atomic E-state index is -4.35. The van der Waals surface area contributed by atoms with Gasteiger partial charge < -0.3 is 4.90 Å². The first kappa shape index (κ1) is 11.9. The zero-order chi connectivity index (χ0) is 12.5. The lowest BCUT2D eigenvalue weighted by molar-refractivity contribution is -0.169. The first-order valence-corrected chi connectivity index (χ1v) is 5.28. The lowest BCUT2D eigenvalue weighted by Gasteiger charge is -2.26. The lowest BCUT2D eigenvalue weighted by atomic mass is 10.2. The number of likely N-dealkylation sites (tertiary alicyclic amines) is 1. The van der Waals surface area contributed by atoms with Crippen molar-refractivity contribution in [2.24, 2.45) is 0 Å². The average molecular weight is 244 g/mol. The summed E-state index contributed by atoms with van der Waals surface area (Å²) < 4.78 is 38.0. The van der Waals surface area contributed by atoms with Gasteiger partial charge in [0.05, 0.1) is 5.56 Å². The monoisotopic (exact) mass is 244 g/mol. The van der Waals surface area contributed by atoms with E-state index in [2.05, 4.69) is 4.98 Å². The Morgan fingerprint density at radius 1 is 1.47 bits per heavy atom. The van der Waals surface area contributed by atoms with Gasteiger partial charge in [-0.25, -0.2) is 0 Å². The van der Waals surface area contributed by atoms with Gasteiger partial charge in [-0.05, 0) is 25.0 Å². The average Bonchev–Trinajstić information content (AvgIpc) is 2.78. The summed E-state index contributed by atoms with van der Waals surface area (Å²) in [5.74, 6) is -0.599. The summed E-state index contributed by atoms with van der Waals surface area (Å²) in [4.78, 5) is 16.5. The number of nitrogens with zero attached hydrogens (tertiary/aromatic N) is 2. The number of hydrogen-bond donors (Lipinski definition) is 0. The van der Waals surface area contributed by atoms with E-state index in [-0.39, 0.29) is 18.5 Å². The van der Waals surface area contributed by atoms with Crippen molar-refractivity contribution < 1.29 is 18.0 Å². The van der Waals surface area contributed by atoms with Crippen molar-refractivity contribution in [3.8, 4) is 0 Å². The Labute approximate surface area is 96.3 Å². The topological polar surface area (TPSA) is 33.2 Å². The van der Waals surface area contributed by atoms with E-state index in [1.54, 1.807) is 0 Å². The summed E-state index contributed by atoms with van der Waals surface area (Å²) in [6.45, 7) is 0.151. The largest absolute Gasteiger partial charge is 0.408 e. The summed E-state index contributed by atoms with van der Waals surface area (Å²) in [7, 11) is 0. The fraction of sp³-hybridized carbons (Fsp3) is 0.455. The van der Waals surface area contributed by atoms with E-state index in [0.29, 0.717) is 6.42 Å². The van der Waals surface area contributed by atoms with Gasteiger partial charge in [-0.2, -0.15) is 13.2 Å². The first-order valence-electron chi connectivity index (χ1n) is 5.28. The van der Waals surface area contributed by atoms with Crippen LogP contribution in [-0.2, 0) is 0 Å². The predicted molar refractivity (Wildman–Crippen MR) is 54.4 cm³/mol. The molecule has 0 bridgehead atoms. The second kappa shape index (κ2) is 4.35. The van der Waals surface area contributed by atoms with Crippen molar-refractivity contribution >= 4 is 5.91 Å². The van der Waals surface area contributed by atoms with Crippen LogP contribution in [0.5, 0.6) is 0 Å². The number of alkyl halides is 3.